The Bertz CT molecular complexity index is 236. The molecule has 0 bridgehead atoms. The zero-order valence-corrected chi connectivity index (χ0v) is 7.59. The molecule has 0 radical (unpaired) electrons. The Morgan fingerprint density at radius 1 is 1.50 bits per heavy atom. The summed E-state index contributed by atoms with van der Waals surface area (Å²) in [5.41, 5.74) is 1.02. The Morgan fingerprint density at radius 3 is 2.58 bits per heavy atom. The fourth-order valence-corrected chi connectivity index (χ4v) is 0.773. The first-order chi connectivity index (χ1) is 5.61. The van der Waals surface area contributed by atoms with Crippen LogP contribution in [0.2, 0.25) is 0 Å². The Morgan fingerprint density at radius 2 is 2.17 bits per heavy atom. The molecule has 0 spiro atoms. The first-order valence-electron chi connectivity index (χ1n) is 3.96. The second-order valence-electron chi connectivity index (χ2n) is 3.07. The van der Waals surface area contributed by atoms with E-state index in [1.54, 1.807) is 0 Å². The molecule has 1 aliphatic rings. The van der Waals surface area contributed by atoms with Gasteiger partial charge in [0.1, 0.15) is 0 Å². The van der Waals surface area contributed by atoms with Crippen LogP contribution in [0, 0.1) is 5.92 Å². The maximum Gasteiger partial charge on any atom is 0.231 e. The molecule has 0 aromatic heterocycles. The lowest BCUT2D eigenvalue weighted by molar-refractivity contribution is 0.0979. The maximum atomic E-state index is 5.16. The lowest BCUT2D eigenvalue weighted by Gasteiger charge is -2.03. The largest absolute Gasteiger partial charge is 0.454 e. The van der Waals surface area contributed by atoms with Gasteiger partial charge in [-0.25, -0.2) is 0 Å². The summed E-state index contributed by atoms with van der Waals surface area (Å²) in [4.78, 5) is 0. The van der Waals surface area contributed by atoms with Crippen molar-refractivity contribution in [2.75, 3.05) is 6.79 Å². The van der Waals surface area contributed by atoms with Gasteiger partial charge in [-0.05, 0) is 17.6 Å². The highest BCUT2D eigenvalue weighted by atomic mass is 16.7. The first-order valence-corrected chi connectivity index (χ1v) is 3.96. The first kappa shape index (κ1) is 8.91. The third-order valence-electron chi connectivity index (χ3n) is 1.78. The average molecular weight is 166 g/mol. The number of hydrogen-bond donors (Lipinski definition) is 0. The van der Waals surface area contributed by atoms with E-state index in [-0.39, 0.29) is 6.79 Å². The number of rotatable bonds is 2. The quantitative estimate of drug-likeness (QED) is 0.627. The standard InChI is InChI=1S/C10H14O2/c1-7(2)8(3)5-10-9(4)11-6-12-10/h5,7H,3-4,6H2,1-2H3/b10-5+. The highest BCUT2D eigenvalue weighted by Gasteiger charge is 2.14. The highest BCUT2D eigenvalue weighted by Crippen LogP contribution is 2.22. The number of hydrogen-bond acceptors (Lipinski definition) is 2. The van der Waals surface area contributed by atoms with Gasteiger partial charge < -0.3 is 9.47 Å². The molecule has 0 amide bonds. The Labute approximate surface area is 73.2 Å². The second-order valence-corrected chi connectivity index (χ2v) is 3.07. The molecular weight excluding hydrogens is 152 g/mol. The predicted octanol–water partition coefficient (Wildman–Crippen LogP) is 2.60. The summed E-state index contributed by atoms with van der Waals surface area (Å²) in [7, 11) is 0. The molecule has 1 fully saturated rings. The molecule has 2 nitrogen and oxygen atoms in total. The minimum Gasteiger partial charge on any atom is -0.454 e. The Balaban J connectivity index is 2.68. The molecule has 1 aliphatic heterocycles. The average Bonchev–Trinajstić information content (AvgIpc) is 2.36. The summed E-state index contributed by atoms with van der Waals surface area (Å²) in [5.74, 6) is 1.72. The molecule has 1 saturated heterocycles. The molecule has 0 saturated carbocycles. The predicted molar refractivity (Wildman–Crippen MR) is 48.2 cm³/mol. The lowest BCUT2D eigenvalue weighted by atomic mass is 10.0. The van der Waals surface area contributed by atoms with Gasteiger partial charge >= 0.3 is 0 Å². The second kappa shape index (κ2) is 3.48. The molecule has 2 heteroatoms. The van der Waals surface area contributed by atoms with E-state index in [4.69, 9.17) is 9.47 Å². The van der Waals surface area contributed by atoms with Crippen LogP contribution in [0.1, 0.15) is 13.8 Å². The van der Waals surface area contributed by atoms with E-state index in [1.165, 1.54) is 0 Å². The summed E-state index contributed by atoms with van der Waals surface area (Å²) < 4.78 is 10.2. The normalized spacial score (nSPS) is 19.6. The summed E-state index contributed by atoms with van der Waals surface area (Å²) in [6.07, 6.45) is 1.88. The van der Waals surface area contributed by atoms with E-state index in [0.29, 0.717) is 17.4 Å². The number of ether oxygens (including phenoxy) is 2. The van der Waals surface area contributed by atoms with Crippen LogP contribution in [0.5, 0.6) is 0 Å². The number of allylic oxidation sites excluding steroid dienone is 2. The van der Waals surface area contributed by atoms with Gasteiger partial charge in [-0.15, -0.1) is 0 Å². The molecule has 0 aromatic carbocycles. The van der Waals surface area contributed by atoms with Crippen molar-refractivity contribution in [1.82, 2.24) is 0 Å². The molecule has 66 valence electrons. The van der Waals surface area contributed by atoms with Gasteiger partial charge in [0.2, 0.25) is 6.79 Å². The third kappa shape index (κ3) is 1.91. The Hall–Kier alpha value is -1.18. The van der Waals surface area contributed by atoms with Crippen molar-refractivity contribution in [2.45, 2.75) is 13.8 Å². The van der Waals surface area contributed by atoms with Crippen LogP contribution in [0.25, 0.3) is 0 Å². The van der Waals surface area contributed by atoms with Crippen molar-refractivity contribution in [3.63, 3.8) is 0 Å². The summed E-state index contributed by atoms with van der Waals surface area (Å²) in [5, 5.41) is 0. The molecule has 0 aromatic rings. The Kier molecular flexibility index (Phi) is 2.58. The molecule has 0 aliphatic carbocycles. The third-order valence-corrected chi connectivity index (χ3v) is 1.78. The van der Waals surface area contributed by atoms with Crippen molar-refractivity contribution < 1.29 is 9.47 Å². The van der Waals surface area contributed by atoms with Gasteiger partial charge in [0.25, 0.3) is 0 Å². The van der Waals surface area contributed by atoms with Gasteiger partial charge in [-0.2, -0.15) is 0 Å². The van der Waals surface area contributed by atoms with E-state index in [1.807, 2.05) is 6.08 Å². The van der Waals surface area contributed by atoms with Crippen molar-refractivity contribution >= 4 is 0 Å². The van der Waals surface area contributed by atoms with E-state index in [0.717, 1.165) is 5.57 Å². The molecule has 1 rings (SSSR count). The van der Waals surface area contributed by atoms with Crippen LogP contribution < -0.4 is 0 Å². The fourth-order valence-electron chi connectivity index (χ4n) is 0.773. The van der Waals surface area contributed by atoms with Gasteiger partial charge in [-0.1, -0.05) is 27.0 Å². The van der Waals surface area contributed by atoms with E-state index in [9.17, 15) is 0 Å². The van der Waals surface area contributed by atoms with Crippen molar-refractivity contribution in [3.8, 4) is 0 Å². The van der Waals surface area contributed by atoms with Crippen LogP contribution in [0.3, 0.4) is 0 Å². The van der Waals surface area contributed by atoms with Gasteiger partial charge in [0.05, 0.1) is 0 Å². The van der Waals surface area contributed by atoms with Crippen LogP contribution in [-0.2, 0) is 9.47 Å². The zero-order valence-electron chi connectivity index (χ0n) is 7.59. The van der Waals surface area contributed by atoms with Crippen molar-refractivity contribution in [3.05, 3.63) is 36.3 Å². The van der Waals surface area contributed by atoms with Gasteiger partial charge in [-0.3, -0.25) is 0 Å². The van der Waals surface area contributed by atoms with Crippen LogP contribution in [0.4, 0.5) is 0 Å². The minimum atomic E-state index is 0.274. The summed E-state index contributed by atoms with van der Waals surface area (Å²) in [6.45, 7) is 12.0. The van der Waals surface area contributed by atoms with Gasteiger partial charge in [0.15, 0.2) is 11.5 Å². The monoisotopic (exact) mass is 166 g/mol. The van der Waals surface area contributed by atoms with E-state index < -0.39 is 0 Å². The maximum absolute atomic E-state index is 5.16. The van der Waals surface area contributed by atoms with Crippen LogP contribution >= 0.6 is 0 Å². The van der Waals surface area contributed by atoms with Crippen LogP contribution in [-0.4, -0.2) is 6.79 Å². The SMILES string of the molecule is C=C1OCO/C1=C/C(=C)C(C)C. The molecular formula is C10H14O2. The molecule has 12 heavy (non-hydrogen) atoms. The molecule has 1 heterocycles. The smallest absolute Gasteiger partial charge is 0.231 e. The molecule has 0 atom stereocenters. The zero-order chi connectivity index (χ0) is 9.14. The van der Waals surface area contributed by atoms with Gasteiger partial charge in [0, 0.05) is 0 Å². The van der Waals surface area contributed by atoms with Crippen molar-refractivity contribution in [1.29, 1.82) is 0 Å². The highest BCUT2D eigenvalue weighted by molar-refractivity contribution is 5.29. The lowest BCUT2D eigenvalue weighted by Crippen LogP contribution is -1.91. The van der Waals surface area contributed by atoms with E-state index >= 15 is 0 Å². The molecule has 0 N–H and O–H groups in total. The minimum absolute atomic E-state index is 0.274. The summed E-state index contributed by atoms with van der Waals surface area (Å²) >= 11 is 0. The summed E-state index contributed by atoms with van der Waals surface area (Å²) in [6, 6.07) is 0. The van der Waals surface area contributed by atoms with E-state index in [2.05, 4.69) is 27.0 Å². The van der Waals surface area contributed by atoms with Crippen molar-refractivity contribution in [2.24, 2.45) is 5.92 Å². The topological polar surface area (TPSA) is 18.5 Å². The van der Waals surface area contributed by atoms with Crippen LogP contribution in [0.15, 0.2) is 36.3 Å². The molecule has 0 unspecified atom stereocenters. The fraction of sp³-hybridized carbons (Fsp3) is 0.400.